The van der Waals surface area contributed by atoms with Gasteiger partial charge in [-0.05, 0) is 63.3 Å². The third-order valence-corrected chi connectivity index (χ3v) is 9.18. The molecule has 218 valence electrons. The smallest absolute Gasteiger partial charge is 0.243 e. The van der Waals surface area contributed by atoms with E-state index in [0.717, 1.165) is 55.4 Å². The number of rotatable bonds is 9. The summed E-state index contributed by atoms with van der Waals surface area (Å²) in [4.78, 5) is 45.6. The van der Waals surface area contributed by atoms with Gasteiger partial charge in [0.1, 0.15) is 11.6 Å². The van der Waals surface area contributed by atoms with Gasteiger partial charge in [0.05, 0.1) is 11.6 Å². The van der Waals surface area contributed by atoms with E-state index in [9.17, 15) is 14.4 Å². The van der Waals surface area contributed by atoms with Gasteiger partial charge < -0.3 is 20.9 Å². The Balaban J connectivity index is 1.25. The molecule has 3 heterocycles. The van der Waals surface area contributed by atoms with Crippen LogP contribution in [0.1, 0.15) is 69.8 Å². The molecule has 1 aromatic carbocycles. The van der Waals surface area contributed by atoms with Crippen LogP contribution >= 0.6 is 0 Å². The number of nitrogens with zero attached hydrogens (tertiary/aromatic N) is 6. The Morgan fingerprint density at radius 3 is 2.60 bits per heavy atom. The van der Waals surface area contributed by atoms with Crippen LogP contribution in [0.2, 0.25) is 0 Å². The fourth-order valence-electron chi connectivity index (χ4n) is 6.63. The largest absolute Gasteiger partial charge is 0.350 e. The fraction of sp³-hybridized carbons (Fsp3) is 0.690. The Labute approximate surface area is 236 Å². The average Bonchev–Trinajstić information content (AvgIpc) is 3.75. The lowest BCUT2D eigenvalue weighted by Crippen LogP contribution is -2.51. The molecule has 1 aliphatic carbocycles. The summed E-state index contributed by atoms with van der Waals surface area (Å²) in [6, 6.07) is 4.99. The van der Waals surface area contributed by atoms with Crippen molar-refractivity contribution >= 4 is 28.8 Å². The monoisotopic (exact) mass is 552 g/mol. The molecule has 2 aliphatic heterocycles. The molecule has 11 nitrogen and oxygen atoms in total. The number of carbonyl (C=O) groups excluding carboxylic acids is 3. The molecular formula is C29H44N8O3. The Hall–Kier alpha value is -3.05. The van der Waals surface area contributed by atoms with E-state index < -0.39 is 12.1 Å². The van der Waals surface area contributed by atoms with E-state index in [1.165, 1.54) is 19.3 Å². The standard InChI is InChI=1S/C29H44N8O3/c1-34(21-8-4-3-5-9-21)22-17-26(28(39)31-18-20-10-12-25-24(16-20)32-33-35(25)2)37(19-22)29(40)23(30)11-13-27(38)36-14-6-7-15-36/h10,12,16,21-23,26H,3-9,11,13-15,17-19,30H2,1-2H3,(H,31,39). The number of aryl methyl sites for hydroxylation is 1. The second kappa shape index (κ2) is 12.6. The molecule has 3 amide bonds. The topological polar surface area (TPSA) is 130 Å². The van der Waals surface area contributed by atoms with Crippen LogP contribution in [-0.2, 0) is 28.0 Å². The van der Waals surface area contributed by atoms with E-state index in [4.69, 9.17) is 5.73 Å². The highest BCUT2D eigenvalue weighted by atomic mass is 16.2. The lowest BCUT2D eigenvalue weighted by molar-refractivity contribution is -0.140. The normalized spacial score (nSPS) is 22.8. The minimum atomic E-state index is -0.806. The number of likely N-dealkylation sites (N-methyl/N-ethyl adjacent to an activating group) is 1. The zero-order valence-corrected chi connectivity index (χ0v) is 23.9. The first-order valence-corrected chi connectivity index (χ1v) is 14.9. The van der Waals surface area contributed by atoms with Crippen molar-refractivity contribution in [3.05, 3.63) is 23.8 Å². The average molecular weight is 553 g/mol. The van der Waals surface area contributed by atoms with Gasteiger partial charge in [0.25, 0.3) is 0 Å². The highest BCUT2D eigenvalue weighted by molar-refractivity contribution is 5.91. The molecule has 3 aliphatic rings. The summed E-state index contributed by atoms with van der Waals surface area (Å²) < 4.78 is 1.71. The van der Waals surface area contributed by atoms with E-state index in [2.05, 4.69) is 27.6 Å². The second-order valence-corrected chi connectivity index (χ2v) is 11.8. The van der Waals surface area contributed by atoms with E-state index in [1.807, 2.05) is 30.1 Å². The predicted molar refractivity (Wildman–Crippen MR) is 152 cm³/mol. The molecule has 5 rings (SSSR count). The molecule has 1 aromatic heterocycles. The molecular weight excluding hydrogens is 508 g/mol. The maximum absolute atomic E-state index is 13.6. The third kappa shape index (κ3) is 6.30. The maximum Gasteiger partial charge on any atom is 0.243 e. The van der Waals surface area contributed by atoms with Gasteiger partial charge in [0, 0.05) is 51.7 Å². The second-order valence-electron chi connectivity index (χ2n) is 11.8. The lowest BCUT2D eigenvalue weighted by Gasteiger charge is -2.35. The molecule has 0 bridgehead atoms. The van der Waals surface area contributed by atoms with Gasteiger partial charge in [0.2, 0.25) is 17.7 Å². The fourth-order valence-corrected chi connectivity index (χ4v) is 6.63. The van der Waals surface area contributed by atoms with Crippen LogP contribution in [0.25, 0.3) is 11.0 Å². The van der Waals surface area contributed by atoms with Crippen LogP contribution in [0.4, 0.5) is 0 Å². The van der Waals surface area contributed by atoms with Crippen LogP contribution in [-0.4, -0.2) is 98.3 Å². The molecule has 3 N–H and O–H groups in total. The SMILES string of the molecule is CN(C1CCCCC1)C1CC(C(=O)NCc2ccc3c(c2)nnn3C)N(C(=O)C(N)CCC(=O)N2CCCC2)C1. The first-order chi connectivity index (χ1) is 19.3. The molecule has 40 heavy (non-hydrogen) atoms. The molecule has 3 unspecified atom stereocenters. The zero-order valence-electron chi connectivity index (χ0n) is 23.9. The Bertz CT molecular complexity index is 1200. The molecule has 2 aromatic rings. The van der Waals surface area contributed by atoms with Crippen LogP contribution in [0.5, 0.6) is 0 Å². The maximum atomic E-state index is 13.6. The lowest BCUT2D eigenvalue weighted by atomic mass is 9.93. The summed E-state index contributed by atoms with van der Waals surface area (Å²) >= 11 is 0. The van der Waals surface area contributed by atoms with Crippen molar-refractivity contribution < 1.29 is 14.4 Å². The quantitative estimate of drug-likeness (QED) is 0.483. The van der Waals surface area contributed by atoms with Crippen molar-refractivity contribution in [2.45, 2.75) is 94.9 Å². The number of aromatic nitrogens is 3. The Morgan fingerprint density at radius 2 is 1.85 bits per heavy atom. The number of hydrogen-bond donors (Lipinski definition) is 2. The number of fused-ring (bicyclic) bond motifs is 1. The van der Waals surface area contributed by atoms with Gasteiger partial charge >= 0.3 is 0 Å². The van der Waals surface area contributed by atoms with Crippen LogP contribution in [0, 0.1) is 0 Å². The minimum absolute atomic E-state index is 0.0615. The van der Waals surface area contributed by atoms with Gasteiger partial charge in [-0.2, -0.15) is 0 Å². The van der Waals surface area contributed by atoms with Crippen molar-refractivity contribution in [3.8, 4) is 0 Å². The molecule has 0 spiro atoms. The number of carbonyl (C=O) groups is 3. The summed E-state index contributed by atoms with van der Waals surface area (Å²) in [5.74, 6) is -0.353. The zero-order chi connectivity index (χ0) is 28.2. The number of hydrogen-bond acceptors (Lipinski definition) is 7. The van der Waals surface area contributed by atoms with E-state index >= 15 is 0 Å². The highest BCUT2D eigenvalue weighted by Gasteiger charge is 2.43. The summed E-state index contributed by atoms with van der Waals surface area (Å²) in [5.41, 5.74) is 8.99. The van der Waals surface area contributed by atoms with Gasteiger partial charge in [-0.1, -0.05) is 30.5 Å². The molecule has 3 atom stereocenters. The van der Waals surface area contributed by atoms with Gasteiger partial charge in [-0.15, -0.1) is 5.10 Å². The van der Waals surface area contributed by atoms with Crippen molar-refractivity contribution in [2.75, 3.05) is 26.7 Å². The third-order valence-electron chi connectivity index (χ3n) is 9.18. The number of amides is 3. The first-order valence-electron chi connectivity index (χ1n) is 14.9. The summed E-state index contributed by atoms with van der Waals surface area (Å²) in [6.45, 7) is 2.39. The molecule has 11 heteroatoms. The van der Waals surface area contributed by atoms with Crippen LogP contribution in [0.15, 0.2) is 18.2 Å². The van der Waals surface area contributed by atoms with Crippen molar-refractivity contribution in [2.24, 2.45) is 12.8 Å². The summed E-state index contributed by atoms with van der Waals surface area (Å²) in [7, 11) is 3.98. The minimum Gasteiger partial charge on any atom is -0.350 e. The molecule has 2 saturated heterocycles. The predicted octanol–water partition coefficient (Wildman–Crippen LogP) is 1.55. The van der Waals surface area contributed by atoms with E-state index in [1.54, 1.807) is 9.58 Å². The first kappa shape index (κ1) is 28.5. The summed E-state index contributed by atoms with van der Waals surface area (Å²) in [6.07, 6.45) is 9.22. The van der Waals surface area contributed by atoms with Crippen molar-refractivity contribution in [1.29, 1.82) is 0 Å². The van der Waals surface area contributed by atoms with E-state index in [-0.39, 0.29) is 30.2 Å². The van der Waals surface area contributed by atoms with Crippen LogP contribution < -0.4 is 11.1 Å². The van der Waals surface area contributed by atoms with E-state index in [0.29, 0.717) is 32.0 Å². The Kier molecular flexibility index (Phi) is 9.00. The number of nitrogens with one attached hydrogen (secondary N) is 1. The van der Waals surface area contributed by atoms with Crippen molar-refractivity contribution in [3.63, 3.8) is 0 Å². The Morgan fingerprint density at radius 1 is 1.10 bits per heavy atom. The highest BCUT2D eigenvalue weighted by Crippen LogP contribution is 2.29. The molecule has 0 radical (unpaired) electrons. The van der Waals surface area contributed by atoms with Crippen LogP contribution in [0.3, 0.4) is 0 Å². The summed E-state index contributed by atoms with van der Waals surface area (Å²) in [5, 5.41) is 11.3. The van der Waals surface area contributed by atoms with Gasteiger partial charge in [0.15, 0.2) is 0 Å². The van der Waals surface area contributed by atoms with Gasteiger partial charge in [-0.3, -0.25) is 19.3 Å². The number of benzene rings is 1. The van der Waals surface area contributed by atoms with Crippen molar-refractivity contribution in [1.82, 2.24) is 35.0 Å². The van der Waals surface area contributed by atoms with Gasteiger partial charge in [-0.25, -0.2) is 4.68 Å². The number of nitrogens with two attached hydrogens (primary N) is 1. The number of likely N-dealkylation sites (tertiary alicyclic amines) is 2. The molecule has 3 fully saturated rings. The molecule has 1 saturated carbocycles.